The van der Waals surface area contributed by atoms with E-state index in [9.17, 15) is 5.11 Å². The molecule has 0 saturated carbocycles. The smallest absolute Gasteiger partial charge is 0.493 e. The average Bonchev–Trinajstić information content (AvgIpc) is 2.50. The number of rotatable bonds is 1. The maximum absolute atomic E-state index is 9.48. The normalized spacial score (nSPS) is 10.8. The van der Waals surface area contributed by atoms with Crippen molar-refractivity contribution >= 4 is 45.6 Å². The Morgan fingerprint density at radius 3 is 2.71 bits per heavy atom. The van der Waals surface area contributed by atoms with Gasteiger partial charge in [0.1, 0.15) is 5.75 Å². The fourth-order valence-electron chi connectivity index (χ4n) is 1.32. The van der Waals surface area contributed by atoms with Gasteiger partial charge in [-0.2, -0.15) is 0 Å². The molecule has 1 aromatic heterocycles. The summed E-state index contributed by atoms with van der Waals surface area (Å²) in [5, 5.41) is 30.3. The molecule has 6 heteroatoms. The van der Waals surface area contributed by atoms with Crippen molar-refractivity contribution in [2.75, 3.05) is 0 Å². The molecule has 0 radical (unpaired) electrons. The van der Waals surface area contributed by atoms with E-state index in [1.165, 1.54) is 17.4 Å². The van der Waals surface area contributed by atoms with Gasteiger partial charge < -0.3 is 15.2 Å². The van der Waals surface area contributed by atoms with Crippen LogP contribution in [0, 0.1) is 0 Å². The van der Waals surface area contributed by atoms with Crippen LogP contribution in [0.15, 0.2) is 17.5 Å². The Bertz CT molecular complexity index is 483. The van der Waals surface area contributed by atoms with Crippen LogP contribution in [0.5, 0.6) is 5.75 Å². The Hall–Kier alpha value is -0.745. The molecule has 2 aromatic rings. The van der Waals surface area contributed by atoms with Crippen molar-refractivity contribution in [3.8, 4) is 5.75 Å². The summed E-state index contributed by atoms with van der Waals surface area (Å²) in [4.78, 5) is 0. The van der Waals surface area contributed by atoms with Gasteiger partial charge in [0.05, 0.1) is 9.72 Å². The van der Waals surface area contributed by atoms with E-state index in [-0.39, 0.29) is 16.2 Å². The van der Waals surface area contributed by atoms with E-state index >= 15 is 0 Å². The van der Waals surface area contributed by atoms with Crippen LogP contribution < -0.4 is 5.46 Å². The van der Waals surface area contributed by atoms with E-state index in [1.807, 2.05) is 5.38 Å². The number of aromatic hydroxyl groups is 1. The largest absolute Gasteiger partial charge is 0.508 e. The molecule has 3 nitrogen and oxygen atoms in total. The maximum Gasteiger partial charge on any atom is 0.493 e. The molecule has 0 aliphatic carbocycles. The molecule has 72 valence electrons. The van der Waals surface area contributed by atoms with Gasteiger partial charge in [-0.1, -0.05) is 11.6 Å². The number of fused-ring (bicyclic) bond motifs is 1. The fraction of sp³-hybridized carbons (Fsp3) is 0. The second-order valence-electron chi connectivity index (χ2n) is 2.84. The molecule has 1 aromatic carbocycles. The summed E-state index contributed by atoms with van der Waals surface area (Å²) >= 11 is 7.30. The lowest BCUT2D eigenvalue weighted by atomic mass is 9.79. The lowest BCUT2D eigenvalue weighted by molar-refractivity contribution is 0.420. The van der Waals surface area contributed by atoms with Crippen LogP contribution in [0.2, 0.25) is 5.02 Å². The molecule has 14 heavy (non-hydrogen) atoms. The highest BCUT2D eigenvalue weighted by Crippen LogP contribution is 2.30. The summed E-state index contributed by atoms with van der Waals surface area (Å²) in [7, 11) is -1.76. The van der Waals surface area contributed by atoms with Crippen molar-refractivity contribution in [2.24, 2.45) is 0 Å². The van der Waals surface area contributed by atoms with Gasteiger partial charge in [0.25, 0.3) is 0 Å². The topological polar surface area (TPSA) is 60.7 Å². The van der Waals surface area contributed by atoms with Crippen molar-refractivity contribution in [3.05, 3.63) is 22.5 Å². The second-order valence-corrected chi connectivity index (χ2v) is 4.13. The fourth-order valence-corrected chi connectivity index (χ4v) is 2.58. The molecule has 2 rings (SSSR count). The first-order valence-electron chi connectivity index (χ1n) is 3.86. The van der Waals surface area contributed by atoms with Crippen LogP contribution >= 0.6 is 22.9 Å². The molecule has 0 atom stereocenters. The van der Waals surface area contributed by atoms with Gasteiger partial charge >= 0.3 is 7.12 Å². The minimum atomic E-state index is -1.76. The molecule has 0 unspecified atom stereocenters. The third-order valence-corrected chi connectivity index (χ3v) is 3.41. The third-order valence-electron chi connectivity index (χ3n) is 1.96. The zero-order valence-corrected chi connectivity index (χ0v) is 8.51. The Balaban J connectivity index is 2.82. The van der Waals surface area contributed by atoms with Crippen LogP contribution in [-0.4, -0.2) is 22.3 Å². The molecular formula is C8H6BClO3S. The van der Waals surface area contributed by atoms with E-state index < -0.39 is 7.12 Å². The summed E-state index contributed by atoms with van der Waals surface area (Å²) in [5.41, 5.74) is -0.0402. The first-order chi connectivity index (χ1) is 6.61. The van der Waals surface area contributed by atoms with E-state index in [1.54, 1.807) is 6.07 Å². The van der Waals surface area contributed by atoms with Gasteiger partial charge in [-0.3, -0.25) is 0 Å². The van der Waals surface area contributed by atoms with Gasteiger partial charge in [0.2, 0.25) is 0 Å². The van der Waals surface area contributed by atoms with Crippen LogP contribution in [-0.2, 0) is 0 Å². The number of halogens is 1. The minimum absolute atomic E-state index is 0.0402. The molecule has 0 aliphatic heterocycles. The van der Waals surface area contributed by atoms with Crippen molar-refractivity contribution < 1.29 is 15.2 Å². The number of hydrogen-bond donors (Lipinski definition) is 3. The van der Waals surface area contributed by atoms with Crippen LogP contribution in [0.25, 0.3) is 10.1 Å². The van der Waals surface area contributed by atoms with Crippen LogP contribution in [0.3, 0.4) is 0 Å². The summed E-state index contributed by atoms with van der Waals surface area (Å²) in [5.74, 6) is -0.198. The number of phenolic OH excluding ortho intramolecular Hbond substituents is 1. The van der Waals surface area contributed by atoms with Crippen molar-refractivity contribution in [3.63, 3.8) is 0 Å². The lowest BCUT2D eigenvalue weighted by Crippen LogP contribution is -2.31. The quantitative estimate of drug-likeness (QED) is 0.637. The number of thiophene rings is 1. The SMILES string of the molecule is OB(O)c1c(O)cc2ccsc2c1Cl. The van der Waals surface area contributed by atoms with Crippen LogP contribution in [0.1, 0.15) is 0 Å². The predicted molar refractivity (Wildman–Crippen MR) is 58.3 cm³/mol. The van der Waals surface area contributed by atoms with E-state index in [0.717, 1.165) is 10.1 Å². The van der Waals surface area contributed by atoms with Gasteiger partial charge in [0.15, 0.2) is 0 Å². The average molecular weight is 228 g/mol. The van der Waals surface area contributed by atoms with E-state index in [4.69, 9.17) is 21.6 Å². The first kappa shape index (κ1) is 9.80. The van der Waals surface area contributed by atoms with Crippen molar-refractivity contribution in [1.29, 1.82) is 0 Å². The Kier molecular flexibility index (Phi) is 2.40. The van der Waals surface area contributed by atoms with Crippen LogP contribution in [0.4, 0.5) is 0 Å². The predicted octanol–water partition coefficient (Wildman–Crippen LogP) is 0.940. The Morgan fingerprint density at radius 2 is 2.07 bits per heavy atom. The third kappa shape index (κ3) is 1.38. The summed E-state index contributed by atoms with van der Waals surface area (Å²) in [6, 6.07) is 3.27. The second kappa shape index (κ2) is 3.44. The molecule has 0 fully saturated rings. The summed E-state index contributed by atoms with van der Waals surface area (Å²) in [6.07, 6.45) is 0. The highest BCUT2D eigenvalue weighted by molar-refractivity contribution is 7.18. The molecule has 0 saturated heterocycles. The minimum Gasteiger partial charge on any atom is -0.508 e. The van der Waals surface area contributed by atoms with Crippen molar-refractivity contribution in [2.45, 2.75) is 0 Å². The molecule has 0 aliphatic rings. The van der Waals surface area contributed by atoms with Gasteiger partial charge in [-0.05, 0) is 22.9 Å². The number of phenols is 1. The highest BCUT2D eigenvalue weighted by Gasteiger charge is 2.22. The Morgan fingerprint density at radius 1 is 1.36 bits per heavy atom. The Labute approximate surface area is 89.3 Å². The summed E-state index contributed by atoms with van der Waals surface area (Å²) < 4.78 is 0.743. The van der Waals surface area contributed by atoms with Gasteiger partial charge in [-0.15, -0.1) is 11.3 Å². The number of benzene rings is 1. The molecular weight excluding hydrogens is 222 g/mol. The zero-order valence-electron chi connectivity index (χ0n) is 6.94. The molecule has 1 heterocycles. The van der Waals surface area contributed by atoms with E-state index in [0.29, 0.717) is 0 Å². The monoisotopic (exact) mass is 228 g/mol. The standard InChI is InChI=1S/C8H6BClO3S/c10-7-6(9(12)13)5(11)3-4-1-2-14-8(4)7/h1-3,11-13H. The molecule has 0 spiro atoms. The van der Waals surface area contributed by atoms with E-state index in [2.05, 4.69) is 0 Å². The number of hydrogen-bond acceptors (Lipinski definition) is 4. The zero-order chi connectivity index (χ0) is 10.3. The van der Waals surface area contributed by atoms with Gasteiger partial charge in [0, 0.05) is 5.46 Å². The molecule has 0 bridgehead atoms. The molecule has 0 amide bonds. The van der Waals surface area contributed by atoms with Gasteiger partial charge in [-0.25, -0.2) is 0 Å². The first-order valence-corrected chi connectivity index (χ1v) is 5.11. The highest BCUT2D eigenvalue weighted by atomic mass is 35.5. The lowest BCUT2D eigenvalue weighted by Gasteiger charge is -2.06. The maximum atomic E-state index is 9.48. The molecule has 3 N–H and O–H groups in total. The summed E-state index contributed by atoms with van der Waals surface area (Å²) in [6.45, 7) is 0. The van der Waals surface area contributed by atoms with Crippen molar-refractivity contribution in [1.82, 2.24) is 0 Å².